The van der Waals surface area contributed by atoms with Gasteiger partial charge >= 0.3 is 5.97 Å². The highest BCUT2D eigenvalue weighted by Crippen LogP contribution is 2.14. The van der Waals surface area contributed by atoms with E-state index in [1.54, 1.807) is 12.1 Å². The Morgan fingerprint density at radius 1 is 1.28 bits per heavy atom. The molecule has 1 aromatic rings. The lowest BCUT2D eigenvalue weighted by Gasteiger charge is -2.08. The number of hydrogen-bond donors (Lipinski definition) is 2. The van der Waals surface area contributed by atoms with Crippen molar-refractivity contribution in [1.82, 2.24) is 0 Å². The maximum absolute atomic E-state index is 11.5. The smallest absolute Gasteiger partial charge is 0.337 e. The van der Waals surface area contributed by atoms with Crippen LogP contribution in [0.1, 0.15) is 10.4 Å². The largest absolute Gasteiger partial charge is 0.478 e. The van der Waals surface area contributed by atoms with Gasteiger partial charge in [0.25, 0.3) is 0 Å². The summed E-state index contributed by atoms with van der Waals surface area (Å²) < 4.78 is 9.78. The van der Waals surface area contributed by atoms with Gasteiger partial charge in [-0.15, -0.1) is 0 Å². The first kappa shape index (κ1) is 14.1. The molecule has 0 radical (unpaired) electrons. The van der Waals surface area contributed by atoms with Crippen molar-refractivity contribution >= 4 is 17.6 Å². The quantitative estimate of drug-likeness (QED) is 0.708. The Bertz CT molecular complexity index is 419. The second kappa shape index (κ2) is 7.41. The first-order chi connectivity index (χ1) is 8.65. The van der Waals surface area contributed by atoms with Gasteiger partial charge in [0.1, 0.15) is 6.61 Å². The Balaban J connectivity index is 2.51. The minimum atomic E-state index is -1.09. The number of carbonyl (C=O) groups excluding carboxylic acids is 1. The lowest BCUT2D eigenvalue weighted by Crippen LogP contribution is -2.21. The van der Waals surface area contributed by atoms with Crippen LogP contribution in [0.25, 0.3) is 0 Å². The molecule has 0 aromatic heterocycles. The van der Waals surface area contributed by atoms with E-state index < -0.39 is 11.9 Å². The van der Waals surface area contributed by atoms with Crippen LogP contribution in [-0.2, 0) is 14.3 Å². The first-order valence-corrected chi connectivity index (χ1v) is 5.34. The molecule has 0 fully saturated rings. The minimum Gasteiger partial charge on any atom is -0.478 e. The fourth-order valence-electron chi connectivity index (χ4n) is 1.27. The van der Waals surface area contributed by atoms with Gasteiger partial charge < -0.3 is 19.9 Å². The van der Waals surface area contributed by atoms with E-state index in [4.69, 9.17) is 14.6 Å². The molecule has 0 aliphatic rings. The molecule has 0 spiro atoms. The van der Waals surface area contributed by atoms with Crippen molar-refractivity contribution in [2.45, 2.75) is 0 Å². The highest BCUT2D eigenvalue weighted by Gasteiger charge is 2.11. The standard InChI is InChI=1S/C12H15NO5/c1-17-6-7-18-8-11(14)13-10-5-3-2-4-9(10)12(15)16/h2-5H,6-8H2,1H3,(H,13,14)(H,15,16). The molecule has 98 valence electrons. The SMILES string of the molecule is COCCOCC(=O)Nc1ccccc1C(=O)O. The van der Waals surface area contributed by atoms with Crippen LogP contribution in [0.5, 0.6) is 0 Å². The number of carboxylic acids is 1. The van der Waals surface area contributed by atoms with Crippen LogP contribution in [0.3, 0.4) is 0 Å². The van der Waals surface area contributed by atoms with E-state index in [1.165, 1.54) is 19.2 Å². The summed E-state index contributed by atoms with van der Waals surface area (Å²) in [6.07, 6.45) is 0. The van der Waals surface area contributed by atoms with Crippen molar-refractivity contribution in [3.8, 4) is 0 Å². The Morgan fingerprint density at radius 2 is 2.00 bits per heavy atom. The number of carbonyl (C=O) groups is 2. The second-order valence-electron chi connectivity index (χ2n) is 3.44. The average Bonchev–Trinajstić information content (AvgIpc) is 2.35. The number of methoxy groups -OCH3 is 1. The van der Waals surface area contributed by atoms with Gasteiger partial charge in [0.2, 0.25) is 5.91 Å². The highest BCUT2D eigenvalue weighted by atomic mass is 16.5. The number of amides is 1. The van der Waals surface area contributed by atoms with E-state index in [0.29, 0.717) is 13.2 Å². The normalized spacial score (nSPS) is 10.1. The molecule has 6 nitrogen and oxygen atoms in total. The van der Waals surface area contributed by atoms with E-state index in [-0.39, 0.29) is 17.9 Å². The predicted molar refractivity (Wildman–Crippen MR) is 64.7 cm³/mol. The van der Waals surface area contributed by atoms with Crippen LogP contribution in [0, 0.1) is 0 Å². The highest BCUT2D eigenvalue weighted by molar-refractivity contribution is 6.00. The van der Waals surface area contributed by atoms with Gasteiger partial charge in [-0.1, -0.05) is 12.1 Å². The van der Waals surface area contributed by atoms with Crippen LogP contribution in [-0.4, -0.2) is 43.9 Å². The van der Waals surface area contributed by atoms with Gasteiger partial charge in [0.05, 0.1) is 24.5 Å². The van der Waals surface area contributed by atoms with E-state index in [1.807, 2.05) is 0 Å². The molecule has 6 heteroatoms. The van der Waals surface area contributed by atoms with Crippen LogP contribution < -0.4 is 5.32 Å². The van der Waals surface area contributed by atoms with Gasteiger partial charge in [-0.3, -0.25) is 4.79 Å². The minimum absolute atomic E-state index is 0.0442. The molecule has 1 aromatic carbocycles. The van der Waals surface area contributed by atoms with Crippen molar-refractivity contribution in [3.63, 3.8) is 0 Å². The monoisotopic (exact) mass is 253 g/mol. The maximum atomic E-state index is 11.5. The van der Waals surface area contributed by atoms with E-state index in [0.717, 1.165) is 0 Å². The molecule has 0 saturated carbocycles. The van der Waals surface area contributed by atoms with Crippen LogP contribution in [0.15, 0.2) is 24.3 Å². The van der Waals surface area contributed by atoms with Crippen molar-refractivity contribution in [2.24, 2.45) is 0 Å². The number of benzene rings is 1. The molecule has 0 unspecified atom stereocenters. The van der Waals surface area contributed by atoms with Gasteiger partial charge in [-0.2, -0.15) is 0 Å². The summed E-state index contributed by atoms with van der Waals surface area (Å²) in [5.74, 6) is -1.49. The maximum Gasteiger partial charge on any atom is 0.337 e. The average molecular weight is 253 g/mol. The van der Waals surface area contributed by atoms with Gasteiger partial charge in [0.15, 0.2) is 0 Å². The molecule has 18 heavy (non-hydrogen) atoms. The molecule has 1 amide bonds. The van der Waals surface area contributed by atoms with E-state index >= 15 is 0 Å². The molecule has 0 aliphatic heterocycles. The van der Waals surface area contributed by atoms with Gasteiger partial charge in [-0.05, 0) is 12.1 Å². The zero-order valence-corrected chi connectivity index (χ0v) is 10.0. The molecule has 0 heterocycles. The molecule has 1 rings (SSSR count). The van der Waals surface area contributed by atoms with E-state index in [2.05, 4.69) is 5.32 Å². The Kier molecular flexibility index (Phi) is 5.83. The Labute approximate surface area is 105 Å². The summed E-state index contributed by atoms with van der Waals surface area (Å²) in [6.45, 7) is 0.570. The third-order valence-electron chi connectivity index (χ3n) is 2.10. The van der Waals surface area contributed by atoms with Gasteiger partial charge in [0, 0.05) is 7.11 Å². The summed E-state index contributed by atoms with van der Waals surface area (Å²) >= 11 is 0. The lowest BCUT2D eigenvalue weighted by atomic mass is 10.2. The molecule has 0 atom stereocenters. The summed E-state index contributed by atoms with van der Waals surface area (Å²) in [4.78, 5) is 22.4. The fourth-order valence-corrected chi connectivity index (χ4v) is 1.27. The fraction of sp³-hybridized carbons (Fsp3) is 0.333. The van der Waals surface area contributed by atoms with Crippen LogP contribution in [0.4, 0.5) is 5.69 Å². The van der Waals surface area contributed by atoms with E-state index in [9.17, 15) is 9.59 Å². The first-order valence-electron chi connectivity index (χ1n) is 5.34. The number of anilines is 1. The number of hydrogen-bond acceptors (Lipinski definition) is 4. The Hall–Kier alpha value is -1.92. The number of para-hydroxylation sites is 1. The zero-order chi connectivity index (χ0) is 13.4. The van der Waals surface area contributed by atoms with Crippen molar-refractivity contribution in [1.29, 1.82) is 0 Å². The molecular weight excluding hydrogens is 238 g/mol. The molecule has 2 N–H and O–H groups in total. The predicted octanol–water partition coefficient (Wildman–Crippen LogP) is 0.986. The second-order valence-corrected chi connectivity index (χ2v) is 3.44. The van der Waals surface area contributed by atoms with Crippen molar-refractivity contribution in [3.05, 3.63) is 29.8 Å². The molecule has 0 aliphatic carbocycles. The zero-order valence-electron chi connectivity index (χ0n) is 10.0. The summed E-state index contributed by atoms with van der Waals surface area (Å²) in [6, 6.07) is 6.18. The lowest BCUT2D eigenvalue weighted by molar-refractivity contribution is -0.121. The van der Waals surface area contributed by atoms with Crippen LogP contribution >= 0.6 is 0 Å². The van der Waals surface area contributed by atoms with Crippen LogP contribution in [0.2, 0.25) is 0 Å². The number of nitrogens with one attached hydrogen (secondary N) is 1. The third kappa shape index (κ3) is 4.52. The number of aromatic carboxylic acids is 1. The number of ether oxygens (including phenoxy) is 2. The molecular formula is C12H15NO5. The van der Waals surface area contributed by atoms with Crippen molar-refractivity contribution in [2.75, 3.05) is 32.2 Å². The number of carboxylic acid groups (broad SMARTS) is 1. The summed E-state index contributed by atoms with van der Waals surface area (Å²) in [7, 11) is 1.53. The topological polar surface area (TPSA) is 84.9 Å². The summed E-state index contributed by atoms with van der Waals surface area (Å²) in [5.41, 5.74) is 0.299. The summed E-state index contributed by atoms with van der Waals surface area (Å²) in [5, 5.41) is 11.4. The third-order valence-corrected chi connectivity index (χ3v) is 2.10. The molecule has 0 saturated heterocycles. The van der Waals surface area contributed by atoms with Crippen molar-refractivity contribution < 1.29 is 24.2 Å². The number of rotatable bonds is 7. The molecule has 0 bridgehead atoms. The Morgan fingerprint density at radius 3 is 2.67 bits per heavy atom. The van der Waals surface area contributed by atoms with Gasteiger partial charge in [-0.25, -0.2) is 4.79 Å².